The molecule has 0 saturated heterocycles. The molecular formula is C17H22N2O2. The molecule has 112 valence electrons. The number of hydrogen-bond acceptors (Lipinski definition) is 2. The monoisotopic (exact) mass is 286 g/mol. The van der Waals surface area contributed by atoms with Crippen LogP contribution in [0.2, 0.25) is 0 Å². The predicted octanol–water partition coefficient (Wildman–Crippen LogP) is 4.36. The Bertz CT molecular complexity index is 667. The molecule has 1 fully saturated rings. The van der Waals surface area contributed by atoms with Gasteiger partial charge < -0.3 is 9.67 Å². The fourth-order valence-electron chi connectivity index (χ4n) is 3.46. The quantitative estimate of drug-likeness (QED) is 0.911. The van der Waals surface area contributed by atoms with Crippen LogP contribution >= 0.6 is 0 Å². The molecule has 21 heavy (non-hydrogen) atoms. The lowest BCUT2D eigenvalue weighted by molar-refractivity contribution is 0.0698. The molecular weight excluding hydrogens is 264 g/mol. The molecule has 1 N–H and O–H groups in total. The van der Waals surface area contributed by atoms with E-state index in [4.69, 9.17) is 4.98 Å². The minimum atomic E-state index is -0.868. The van der Waals surface area contributed by atoms with Gasteiger partial charge in [0.1, 0.15) is 5.82 Å². The van der Waals surface area contributed by atoms with E-state index in [1.54, 1.807) is 12.1 Å². The first-order valence-corrected chi connectivity index (χ1v) is 7.83. The van der Waals surface area contributed by atoms with E-state index in [1.807, 2.05) is 6.07 Å². The van der Waals surface area contributed by atoms with E-state index in [0.717, 1.165) is 29.7 Å². The molecule has 0 amide bonds. The molecule has 1 aromatic heterocycles. The summed E-state index contributed by atoms with van der Waals surface area (Å²) in [7, 11) is 0. The minimum absolute atomic E-state index is 0.293. The number of carbonyl (C=O) groups is 1. The van der Waals surface area contributed by atoms with Crippen molar-refractivity contribution < 1.29 is 9.90 Å². The largest absolute Gasteiger partial charge is 0.478 e. The highest BCUT2D eigenvalue weighted by Gasteiger charge is 2.25. The van der Waals surface area contributed by atoms with Crippen LogP contribution in [0.3, 0.4) is 0 Å². The third-order valence-electron chi connectivity index (χ3n) is 4.42. The van der Waals surface area contributed by atoms with Gasteiger partial charge in [0.05, 0.1) is 16.6 Å². The van der Waals surface area contributed by atoms with Crippen molar-refractivity contribution in [1.82, 2.24) is 9.55 Å². The first kappa shape index (κ1) is 14.1. The summed E-state index contributed by atoms with van der Waals surface area (Å²) in [5.41, 5.74) is 1.99. The van der Waals surface area contributed by atoms with Gasteiger partial charge in [-0.15, -0.1) is 0 Å². The van der Waals surface area contributed by atoms with Crippen molar-refractivity contribution in [3.05, 3.63) is 29.6 Å². The molecule has 1 saturated carbocycles. The number of fused-ring (bicyclic) bond motifs is 1. The van der Waals surface area contributed by atoms with E-state index in [9.17, 15) is 9.90 Å². The Kier molecular flexibility index (Phi) is 3.70. The Labute approximate surface area is 124 Å². The van der Waals surface area contributed by atoms with Gasteiger partial charge in [0.2, 0.25) is 0 Å². The zero-order chi connectivity index (χ0) is 15.0. The second-order valence-electron chi connectivity index (χ2n) is 6.26. The van der Waals surface area contributed by atoms with Crippen LogP contribution in [0, 0.1) is 0 Å². The van der Waals surface area contributed by atoms with Gasteiger partial charge in [-0.05, 0) is 25.0 Å². The van der Waals surface area contributed by atoms with Gasteiger partial charge in [0, 0.05) is 12.0 Å². The lowest BCUT2D eigenvalue weighted by Gasteiger charge is -2.26. The lowest BCUT2D eigenvalue weighted by Crippen LogP contribution is -2.17. The summed E-state index contributed by atoms with van der Waals surface area (Å²) in [6, 6.07) is 5.79. The molecule has 0 atom stereocenters. The van der Waals surface area contributed by atoms with E-state index >= 15 is 0 Å². The van der Waals surface area contributed by atoms with E-state index in [1.165, 1.54) is 19.3 Å². The third-order valence-corrected chi connectivity index (χ3v) is 4.42. The second kappa shape index (κ2) is 5.51. The molecule has 4 nitrogen and oxygen atoms in total. The average Bonchev–Trinajstić information content (AvgIpc) is 2.87. The number of benzene rings is 1. The molecule has 0 unspecified atom stereocenters. The molecule has 1 aliphatic carbocycles. The zero-order valence-corrected chi connectivity index (χ0v) is 12.7. The van der Waals surface area contributed by atoms with Crippen LogP contribution < -0.4 is 0 Å². The number of aromatic nitrogens is 2. The number of hydrogen-bond donors (Lipinski definition) is 1. The third kappa shape index (κ3) is 2.43. The smallest absolute Gasteiger partial charge is 0.337 e. The molecule has 0 spiro atoms. The van der Waals surface area contributed by atoms with Crippen LogP contribution in [0.15, 0.2) is 18.2 Å². The molecule has 3 rings (SSSR count). The lowest BCUT2D eigenvalue weighted by atomic mass is 9.94. The van der Waals surface area contributed by atoms with E-state index in [0.29, 0.717) is 17.5 Å². The molecule has 1 aliphatic rings. The maximum Gasteiger partial charge on any atom is 0.337 e. The average molecular weight is 286 g/mol. The van der Waals surface area contributed by atoms with Gasteiger partial charge in [-0.3, -0.25) is 0 Å². The van der Waals surface area contributed by atoms with Crippen molar-refractivity contribution in [2.24, 2.45) is 0 Å². The normalized spacial score (nSPS) is 16.7. The summed E-state index contributed by atoms with van der Waals surface area (Å²) in [6.07, 6.45) is 5.97. The Morgan fingerprint density at radius 3 is 2.62 bits per heavy atom. The van der Waals surface area contributed by atoms with Crippen LogP contribution in [-0.4, -0.2) is 20.6 Å². The fraction of sp³-hybridized carbons (Fsp3) is 0.529. The van der Waals surface area contributed by atoms with Crippen molar-refractivity contribution >= 4 is 17.0 Å². The Morgan fingerprint density at radius 1 is 1.29 bits per heavy atom. The Hall–Kier alpha value is -1.84. The minimum Gasteiger partial charge on any atom is -0.478 e. The number of nitrogens with zero attached hydrogens (tertiary/aromatic N) is 2. The number of rotatable bonds is 3. The van der Waals surface area contributed by atoms with Crippen molar-refractivity contribution in [3.63, 3.8) is 0 Å². The van der Waals surface area contributed by atoms with E-state index in [2.05, 4.69) is 18.4 Å². The summed E-state index contributed by atoms with van der Waals surface area (Å²) in [6.45, 7) is 4.25. The molecule has 0 aliphatic heterocycles. The number of aromatic carboxylic acids is 1. The summed E-state index contributed by atoms with van der Waals surface area (Å²) < 4.78 is 2.22. The molecule has 0 bridgehead atoms. The maximum absolute atomic E-state index is 11.6. The van der Waals surface area contributed by atoms with E-state index < -0.39 is 5.97 Å². The summed E-state index contributed by atoms with van der Waals surface area (Å²) >= 11 is 0. The number of imidazole rings is 1. The number of para-hydroxylation sites is 1. The van der Waals surface area contributed by atoms with Crippen molar-refractivity contribution in [2.45, 2.75) is 57.9 Å². The van der Waals surface area contributed by atoms with Gasteiger partial charge in [-0.1, -0.05) is 39.2 Å². The van der Waals surface area contributed by atoms with Crippen LogP contribution in [0.4, 0.5) is 0 Å². The van der Waals surface area contributed by atoms with Gasteiger partial charge >= 0.3 is 5.97 Å². The summed E-state index contributed by atoms with van der Waals surface area (Å²) in [5.74, 6) is 0.444. The highest BCUT2D eigenvalue weighted by molar-refractivity contribution is 6.01. The fourth-order valence-corrected chi connectivity index (χ4v) is 3.46. The van der Waals surface area contributed by atoms with Crippen LogP contribution in [0.1, 0.15) is 74.1 Å². The first-order valence-electron chi connectivity index (χ1n) is 7.83. The van der Waals surface area contributed by atoms with E-state index in [-0.39, 0.29) is 0 Å². The van der Waals surface area contributed by atoms with Gasteiger partial charge in [-0.2, -0.15) is 0 Å². The predicted molar refractivity (Wildman–Crippen MR) is 82.9 cm³/mol. The summed E-state index contributed by atoms with van der Waals surface area (Å²) in [5, 5.41) is 9.51. The standard InChI is InChI=1S/C17H22N2O2/c1-11(2)16-18-14-10-6-9-13(17(20)21)15(14)19(16)12-7-4-3-5-8-12/h6,9-12H,3-5,7-8H2,1-2H3,(H,20,21). The molecule has 2 aromatic rings. The highest BCUT2D eigenvalue weighted by Crippen LogP contribution is 2.35. The van der Waals surface area contributed by atoms with Gasteiger partial charge in [0.25, 0.3) is 0 Å². The van der Waals surface area contributed by atoms with Gasteiger partial charge in [-0.25, -0.2) is 9.78 Å². The zero-order valence-electron chi connectivity index (χ0n) is 12.7. The van der Waals surface area contributed by atoms with Crippen molar-refractivity contribution in [1.29, 1.82) is 0 Å². The maximum atomic E-state index is 11.6. The molecule has 0 radical (unpaired) electrons. The Balaban J connectivity index is 2.26. The summed E-state index contributed by atoms with van der Waals surface area (Å²) in [4.78, 5) is 16.3. The van der Waals surface area contributed by atoms with Crippen LogP contribution in [0.5, 0.6) is 0 Å². The molecule has 4 heteroatoms. The highest BCUT2D eigenvalue weighted by atomic mass is 16.4. The number of carboxylic acid groups (broad SMARTS) is 1. The van der Waals surface area contributed by atoms with Gasteiger partial charge in [0.15, 0.2) is 0 Å². The van der Waals surface area contributed by atoms with Crippen LogP contribution in [0.25, 0.3) is 11.0 Å². The molecule has 1 heterocycles. The first-order chi connectivity index (χ1) is 10.1. The number of carboxylic acids is 1. The molecule has 1 aromatic carbocycles. The van der Waals surface area contributed by atoms with Crippen molar-refractivity contribution in [2.75, 3.05) is 0 Å². The Morgan fingerprint density at radius 2 is 2.00 bits per heavy atom. The second-order valence-corrected chi connectivity index (χ2v) is 6.26. The van der Waals surface area contributed by atoms with Crippen molar-refractivity contribution in [3.8, 4) is 0 Å². The SMILES string of the molecule is CC(C)c1nc2cccc(C(=O)O)c2n1C1CCCCC1. The topological polar surface area (TPSA) is 55.1 Å². The van der Waals surface area contributed by atoms with Crippen LogP contribution in [-0.2, 0) is 0 Å².